The normalized spacial score (nSPS) is 12.0. The molecule has 0 spiro atoms. The highest BCUT2D eigenvalue weighted by Gasteiger charge is 2.16. The van der Waals surface area contributed by atoms with Crippen molar-refractivity contribution in [3.8, 4) is 0 Å². The third-order valence-corrected chi connectivity index (χ3v) is 3.13. The van der Waals surface area contributed by atoms with E-state index >= 15 is 0 Å². The van der Waals surface area contributed by atoms with Gasteiger partial charge in [0, 0.05) is 0 Å². The molecule has 1 atom stereocenters. The van der Waals surface area contributed by atoms with E-state index in [-0.39, 0.29) is 11.4 Å². The molecule has 1 unspecified atom stereocenters. The molecule has 0 aliphatic heterocycles. The lowest BCUT2D eigenvalue weighted by molar-refractivity contribution is 0.0935. The summed E-state index contributed by atoms with van der Waals surface area (Å²) in [6.07, 6.45) is 0. The van der Waals surface area contributed by atoms with E-state index in [0.29, 0.717) is 11.1 Å². The molecule has 1 N–H and O–H groups in total. The third kappa shape index (κ3) is 3.02. The fourth-order valence-electron chi connectivity index (χ4n) is 1.96. The van der Waals surface area contributed by atoms with Gasteiger partial charge in [0.2, 0.25) is 0 Å². The van der Waals surface area contributed by atoms with Gasteiger partial charge in [-0.25, -0.2) is 8.78 Å². The zero-order valence-electron chi connectivity index (χ0n) is 11.3. The molecule has 0 radical (unpaired) electrons. The third-order valence-electron chi connectivity index (χ3n) is 3.13. The number of halogens is 2. The summed E-state index contributed by atoms with van der Waals surface area (Å²) in [7, 11) is 0. The molecule has 0 aliphatic carbocycles. The van der Waals surface area contributed by atoms with Crippen LogP contribution in [0.5, 0.6) is 0 Å². The van der Waals surface area contributed by atoms with Crippen LogP contribution in [0.1, 0.15) is 34.5 Å². The Hall–Kier alpha value is -2.23. The number of carbonyl (C=O) groups is 1. The average molecular weight is 275 g/mol. The number of aryl methyl sites for hydroxylation is 1. The molecule has 0 saturated carbocycles. The number of benzene rings is 2. The molecule has 2 aromatic rings. The summed E-state index contributed by atoms with van der Waals surface area (Å²) in [5.74, 6) is -1.41. The van der Waals surface area contributed by atoms with Gasteiger partial charge in [0.15, 0.2) is 0 Å². The minimum atomic E-state index is -0.531. The summed E-state index contributed by atoms with van der Waals surface area (Å²) in [6, 6.07) is 10.2. The van der Waals surface area contributed by atoms with Crippen molar-refractivity contribution < 1.29 is 13.6 Å². The molecule has 0 aromatic heterocycles. The van der Waals surface area contributed by atoms with Crippen molar-refractivity contribution in [2.45, 2.75) is 19.9 Å². The van der Waals surface area contributed by atoms with E-state index in [0.717, 1.165) is 0 Å². The van der Waals surface area contributed by atoms with Crippen LogP contribution in [0.15, 0.2) is 42.5 Å². The summed E-state index contributed by atoms with van der Waals surface area (Å²) in [5, 5.41) is 2.66. The van der Waals surface area contributed by atoms with Gasteiger partial charge in [0.25, 0.3) is 5.91 Å². The first kappa shape index (κ1) is 14.2. The number of carbonyl (C=O) groups excluding carboxylic acids is 1. The number of hydrogen-bond donors (Lipinski definition) is 1. The maximum absolute atomic E-state index is 13.8. The van der Waals surface area contributed by atoms with Crippen LogP contribution >= 0.6 is 0 Å². The first-order valence-electron chi connectivity index (χ1n) is 6.30. The van der Waals surface area contributed by atoms with Crippen molar-refractivity contribution in [2.24, 2.45) is 0 Å². The van der Waals surface area contributed by atoms with Crippen molar-refractivity contribution in [2.75, 3.05) is 0 Å². The van der Waals surface area contributed by atoms with Crippen molar-refractivity contribution in [3.05, 3.63) is 70.8 Å². The Balaban J connectivity index is 2.17. The lowest BCUT2D eigenvalue weighted by Gasteiger charge is -2.15. The van der Waals surface area contributed by atoms with Gasteiger partial charge in [-0.1, -0.05) is 24.3 Å². The monoisotopic (exact) mass is 275 g/mol. The van der Waals surface area contributed by atoms with E-state index < -0.39 is 17.8 Å². The molecule has 0 heterocycles. The SMILES string of the molecule is Cc1cccc(C(=O)NC(C)c2cccc(F)c2)c1F. The molecule has 0 saturated heterocycles. The number of rotatable bonds is 3. The molecule has 4 heteroatoms. The van der Waals surface area contributed by atoms with Crippen molar-refractivity contribution in [3.63, 3.8) is 0 Å². The first-order valence-corrected chi connectivity index (χ1v) is 6.30. The zero-order valence-corrected chi connectivity index (χ0v) is 11.3. The van der Waals surface area contributed by atoms with Crippen LogP contribution in [0.3, 0.4) is 0 Å². The molecular formula is C16H15F2NO. The minimum Gasteiger partial charge on any atom is -0.345 e. The Labute approximate surface area is 116 Å². The first-order chi connectivity index (χ1) is 9.49. The Morgan fingerprint density at radius 1 is 1.15 bits per heavy atom. The van der Waals surface area contributed by atoms with Crippen molar-refractivity contribution in [1.29, 1.82) is 0 Å². The predicted molar refractivity (Wildman–Crippen MR) is 73.4 cm³/mol. The van der Waals surface area contributed by atoms with Crippen LogP contribution in [-0.2, 0) is 0 Å². The molecule has 0 aliphatic rings. The highest BCUT2D eigenvalue weighted by atomic mass is 19.1. The summed E-state index contributed by atoms with van der Waals surface area (Å²) >= 11 is 0. The Bertz CT molecular complexity index is 640. The second-order valence-corrected chi connectivity index (χ2v) is 4.69. The molecule has 2 rings (SSSR count). The summed E-state index contributed by atoms with van der Waals surface area (Å²) < 4.78 is 27.0. The fourth-order valence-corrected chi connectivity index (χ4v) is 1.96. The maximum atomic E-state index is 13.8. The maximum Gasteiger partial charge on any atom is 0.254 e. The molecule has 20 heavy (non-hydrogen) atoms. The van der Waals surface area contributed by atoms with Crippen LogP contribution < -0.4 is 5.32 Å². The molecular weight excluding hydrogens is 260 g/mol. The standard InChI is InChI=1S/C16H15F2NO/c1-10-5-3-8-14(15(10)18)16(20)19-11(2)12-6-4-7-13(17)9-12/h3-9,11H,1-2H3,(H,19,20). The molecule has 104 valence electrons. The molecule has 0 fully saturated rings. The van der Waals surface area contributed by atoms with E-state index in [2.05, 4.69) is 5.32 Å². The highest BCUT2D eigenvalue weighted by molar-refractivity contribution is 5.94. The van der Waals surface area contributed by atoms with E-state index in [4.69, 9.17) is 0 Å². The topological polar surface area (TPSA) is 29.1 Å². The predicted octanol–water partition coefficient (Wildman–Crippen LogP) is 3.76. The van der Waals surface area contributed by atoms with Crippen LogP contribution in [-0.4, -0.2) is 5.91 Å². The van der Waals surface area contributed by atoms with Crippen LogP contribution in [0, 0.1) is 18.6 Å². The smallest absolute Gasteiger partial charge is 0.254 e. The quantitative estimate of drug-likeness (QED) is 0.907. The summed E-state index contributed by atoms with van der Waals surface area (Å²) in [5.41, 5.74) is 1.04. The fraction of sp³-hybridized carbons (Fsp3) is 0.188. The highest BCUT2D eigenvalue weighted by Crippen LogP contribution is 2.16. The summed E-state index contributed by atoms with van der Waals surface area (Å²) in [4.78, 5) is 12.0. The second-order valence-electron chi connectivity index (χ2n) is 4.69. The Morgan fingerprint density at radius 3 is 2.55 bits per heavy atom. The van der Waals surface area contributed by atoms with E-state index in [9.17, 15) is 13.6 Å². The number of hydrogen-bond acceptors (Lipinski definition) is 1. The van der Waals surface area contributed by atoms with Crippen molar-refractivity contribution >= 4 is 5.91 Å². The Morgan fingerprint density at radius 2 is 1.85 bits per heavy atom. The van der Waals surface area contributed by atoms with Gasteiger partial charge in [0.1, 0.15) is 11.6 Å². The molecule has 0 bridgehead atoms. The van der Waals surface area contributed by atoms with Gasteiger partial charge in [-0.05, 0) is 43.2 Å². The lowest BCUT2D eigenvalue weighted by atomic mass is 10.1. The molecule has 2 aromatic carbocycles. The lowest BCUT2D eigenvalue weighted by Crippen LogP contribution is -2.27. The number of nitrogens with one attached hydrogen (secondary N) is 1. The average Bonchev–Trinajstić information content (AvgIpc) is 2.41. The minimum absolute atomic E-state index is 0.00625. The molecule has 1 amide bonds. The van der Waals surface area contributed by atoms with Gasteiger partial charge in [-0.2, -0.15) is 0 Å². The van der Waals surface area contributed by atoms with Crippen LogP contribution in [0.2, 0.25) is 0 Å². The zero-order chi connectivity index (χ0) is 14.7. The van der Waals surface area contributed by atoms with Crippen molar-refractivity contribution in [1.82, 2.24) is 5.32 Å². The van der Waals surface area contributed by atoms with E-state index in [1.165, 1.54) is 18.2 Å². The van der Waals surface area contributed by atoms with Gasteiger partial charge in [0.05, 0.1) is 11.6 Å². The molecule has 2 nitrogen and oxygen atoms in total. The number of amides is 1. The van der Waals surface area contributed by atoms with Gasteiger partial charge in [-0.3, -0.25) is 4.79 Å². The largest absolute Gasteiger partial charge is 0.345 e. The van der Waals surface area contributed by atoms with Crippen LogP contribution in [0.25, 0.3) is 0 Å². The van der Waals surface area contributed by atoms with Gasteiger partial charge in [-0.15, -0.1) is 0 Å². The second kappa shape index (κ2) is 5.82. The van der Waals surface area contributed by atoms with Gasteiger partial charge < -0.3 is 5.32 Å². The van der Waals surface area contributed by atoms with E-state index in [1.54, 1.807) is 38.1 Å². The summed E-state index contributed by atoms with van der Waals surface area (Å²) in [6.45, 7) is 3.32. The van der Waals surface area contributed by atoms with Crippen LogP contribution in [0.4, 0.5) is 8.78 Å². The van der Waals surface area contributed by atoms with Gasteiger partial charge >= 0.3 is 0 Å². The Kier molecular flexibility index (Phi) is 4.13. The van der Waals surface area contributed by atoms with E-state index in [1.807, 2.05) is 0 Å².